The predicted octanol–water partition coefficient (Wildman–Crippen LogP) is 1.71. The lowest BCUT2D eigenvalue weighted by molar-refractivity contribution is 0.774. The minimum Gasteiger partial charge on any atom is -0.385 e. The standard InChI is InChI=1S/C11H15N3/c12-6-1-2-7-14-11-5-3-4-10(8-11)9-13/h3-5,8,14H,1-2,6-7,12H2. The molecule has 0 aromatic heterocycles. The molecule has 0 fully saturated rings. The first kappa shape index (κ1) is 10.6. The molecule has 1 aromatic rings. The maximum Gasteiger partial charge on any atom is 0.0992 e. The van der Waals surface area contributed by atoms with Crippen molar-refractivity contribution in [3.05, 3.63) is 29.8 Å². The van der Waals surface area contributed by atoms with Crippen LogP contribution in [0.5, 0.6) is 0 Å². The molecule has 0 aliphatic rings. The Balaban J connectivity index is 2.39. The van der Waals surface area contributed by atoms with Gasteiger partial charge in [-0.15, -0.1) is 0 Å². The van der Waals surface area contributed by atoms with Crippen LogP contribution in [0.25, 0.3) is 0 Å². The smallest absolute Gasteiger partial charge is 0.0992 e. The number of unbranched alkanes of at least 4 members (excludes halogenated alkanes) is 1. The molecule has 0 saturated carbocycles. The van der Waals surface area contributed by atoms with Crippen molar-refractivity contribution in [1.82, 2.24) is 0 Å². The summed E-state index contributed by atoms with van der Waals surface area (Å²) in [5, 5.41) is 11.9. The molecule has 1 aromatic carbocycles. The number of hydrogen-bond acceptors (Lipinski definition) is 3. The topological polar surface area (TPSA) is 61.8 Å². The van der Waals surface area contributed by atoms with Gasteiger partial charge in [-0.2, -0.15) is 5.26 Å². The van der Waals surface area contributed by atoms with Crippen molar-refractivity contribution in [2.45, 2.75) is 12.8 Å². The van der Waals surface area contributed by atoms with Crippen LogP contribution in [-0.4, -0.2) is 13.1 Å². The summed E-state index contributed by atoms with van der Waals surface area (Å²) in [6, 6.07) is 9.60. The number of anilines is 1. The summed E-state index contributed by atoms with van der Waals surface area (Å²) in [6.07, 6.45) is 2.10. The van der Waals surface area contributed by atoms with Gasteiger partial charge in [-0.1, -0.05) is 6.07 Å². The first-order valence-electron chi connectivity index (χ1n) is 4.81. The SMILES string of the molecule is N#Cc1cccc(NCCCCN)c1. The van der Waals surface area contributed by atoms with E-state index in [9.17, 15) is 0 Å². The maximum atomic E-state index is 8.68. The monoisotopic (exact) mass is 189 g/mol. The summed E-state index contributed by atoms with van der Waals surface area (Å²) < 4.78 is 0. The van der Waals surface area contributed by atoms with Crippen molar-refractivity contribution >= 4 is 5.69 Å². The molecule has 0 radical (unpaired) electrons. The Morgan fingerprint density at radius 3 is 2.93 bits per heavy atom. The summed E-state index contributed by atoms with van der Waals surface area (Å²) in [5.74, 6) is 0. The van der Waals surface area contributed by atoms with Gasteiger partial charge in [-0.05, 0) is 37.6 Å². The van der Waals surface area contributed by atoms with Gasteiger partial charge in [0.2, 0.25) is 0 Å². The molecule has 3 nitrogen and oxygen atoms in total. The van der Waals surface area contributed by atoms with E-state index in [0.29, 0.717) is 5.56 Å². The zero-order valence-corrected chi connectivity index (χ0v) is 8.16. The minimum absolute atomic E-state index is 0.689. The van der Waals surface area contributed by atoms with E-state index < -0.39 is 0 Å². The fourth-order valence-electron chi connectivity index (χ4n) is 1.20. The van der Waals surface area contributed by atoms with E-state index in [4.69, 9.17) is 11.0 Å². The van der Waals surface area contributed by atoms with E-state index in [0.717, 1.165) is 31.6 Å². The first-order chi connectivity index (χ1) is 6.86. The number of nitriles is 1. The van der Waals surface area contributed by atoms with Crippen LogP contribution >= 0.6 is 0 Å². The van der Waals surface area contributed by atoms with Crippen molar-refractivity contribution in [2.75, 3.05) is 18.4 Å². The van der Waals surface area contributed by atoms with Crippen LogP contribution in [0.4, 0.5) is 5.69 Å². The molecule has 0 aliphatic heterocycles. The average molecular weight is 189 g/mol. The number of benzene rings is 1. The maximum absolute atomic E-state index is 8.68. The largest absolute Gasteiger partial charge is 0.385 e. The Morgan fingerprint density at radius 1 is 1.36 bits per heavy atom. The summed E-state index contributed by atoms with van der Waals surface area (Å²) in [5.41, 5.74) is 7.07. The molecule has 3 heteroatoms. The van der Waals surface area contributed by atoms with Crippen LogP contribution < -0.4 is 11.1 Å². The van der Waals surface area contributed by atoms with Crippen LogP contribution in [0.15, 0.2) is 24.3 Å². The Morgan fingerprint density at radius 2 is 2.21 bits per heavy atom. The van der Waals surface area contributed by atoms with Gasteiger partial charge in [0.15, 0.2) is 0 Å². The molecule has 14 heavy (non-hydrogen) atoms. The molecule has 0 spiro atoms. The number of nitrogens with two attached hydrogens (primary N) is 1. The summed E-state index contributed by atoms with van der Waals surface area (Å²) in [7, 11) is 0. The molecule has 0 amide bonds. The van der Waals surface area contributed by atoms with Gasteiger partial charge in [-0.3, -0.25) is 0 Å². The van der Waals surface area contributed by atoms with Gasteiger partial charge in [0.05, 0.1) is 11.6 Å². The Bertz CT molecular complexity index is 315. The third kappa shape index (κ3) is 3.46. The zero-order chi connectivity index (χ0) is 10.2. The van der Waals surface area contributed by atoms with E-state index in [1.807, 2.05) is 18.2 Å². The Hall–Kier alpha value is -1.53. The quantitative estimate of drug-likeness (QED) is 0.693. The fourth-order valence-corrected chi connectivity index (χ4v) is 1.20. The normalized spacial score (nSPS) is 9.43. The van der Waals surface area contributed by atoms with Crippen molar-refractivity contribution in [2.24, 2.45) is 5.73 Å². The molecule has 0 aliphatic carbocycles. The van der Waals surface area contributed by atoms with E-state index in [2.05, 4.69) is 11.4 Å². The van der Waals surface area contributed by atoms with Gasteiger partial charge in [0.1, 0.15) is 0 Å². The highest BCUT2D eigenvalue weighted by molar-refractivity contribution is 5.48. The number of nitrogens with one attached hydrogen (secondary N) is 1. The van der Waals surface area contributed by atoms with Gasteiger partial charge in [0.25, 0.3) is 0 Å². The number of nitrogens with zero attached hydrogens (tertiary/aromatic N) is 1. The lowest BCUT2D eigenvalue weighted by Gasteiger charge is -2.05. The molecular weight excluding hydrogens is 174 g/mol. The molecule has 3 N–H and O–H groups in total. The van der Waals surface area contributed by atoms with Gasteiger partial charge < -0.3 is 11.1 Å². The van der Waals surface area contributed by atoms with Crippen LogP contribution in [-0.2, 0) is 0 Å². The lowest BCUT2D eigenvalue weighted by Crippen LogP contribution is -2.05. The molecule has 0 atom stereocenters. The molecule has 0 saturated heterocycles. The number of hydrogen-bond donors (Lipinski definition) is 2. The first-order valence-corrected chi connectivity index (χ1v) is 4.81. The second kappa shape index (κ2) is 6.01. The van der Waals surface area contributed by atoms with Crippen LogP contribution in [0.3, 0.4) is 0 Å². The highest BCUT2D eigenvalue weighted by Crippen LogP contribution is 2.09. The Kier molecular flexibility index (Phi) is 4.53. The molecule has 0 bridgehead atoms. The summed E-state index contributed by atoms with van der Waals surface area (Å²) >= 11 is 0. The van der Waals surface area contributed by atoms with Crippen molar-refractivity contribution in [3.63, 3.8) is 0 Å². The fraction of sp³-hybridized carbons (Fsp3) is 0.364. The van der Waals surface area contributed by atoms with E-state index in [-0.39, 0.29) is 0 Å². The third-order valence-electron chi connectivity index (χ3n) is 1.95. The molecule has 1 rings (SSSR count). The predicted molar refractivity (Wildman–Crippen MR) is 57.9 cm³/mol. The molecule has 0 unspecified atom stereocenters. The summed E-state index contributed by atoms with van der Waals surface area (Å²) in [6.45, 7) is 1.64. The Labute approximate surface area is 84.5 Å². The molecule has 74 valence electrons. The zero-order valence-electron chi connectivity index (χ0n) is 8.16. The highest BCUT2D eigenvalue weighted by atomic mass is 14.9. The number of rotatable bonds is 5. The van der Waals surface area contributed by atoms with Gasteiger partial charge >= 0.3 is 0 Å². The van der Waals surface area contributed by atoms with Crippen LogP contribution in [0.2, 0.25) is 0 Å². The van der Waals surface area contributed by atoms with E-state index >= 15 is 0 Å². The van der Waals surface area contributed by atoms with Gasteiger partial charge in [0, 0.05) is 12.2 Å². The summed E-state index contributed by atoms with van der Waals surface area (Å²) in [4.78, 5) is 0. The second-order valence-electron chi connectivity index (χ2n) is 3.12. The van der Waals surface area contributed by atoms with E-state index in [1.54, 1.807) is 6.07 Å². The van der Waals surface area contributed by atoms with Crippen LogP contribution in [0, 0.1) is 11.3 Å². The van der Waals surface area contributed by atoms with Crippen molar-refractivity contribution in [1.29, 1.82) is 5.26 Å². The van der Waals surface area contributed by atoms with Crippen molar-refractivity contribution in [3.8, 4) is 6.07 Å². The van der Waals surface area contributed by atoms with Crippen molar-refractivity contribution < 1.29 is 0 Å². The van der Waals surface area contributed by atoms with E-state index in [1.165, 1.54) is 0 Å². The minimum atomic E-state index is 0.689. The van der Waals surface area contributed by atoms with Crippen LogP contribution in [0.1, 0.15) is 18.4 Å². The third-order valence-corrected chi connectivity index (χ3v) is 1.95. The molecule has 0 heterocycles. The average Bonchev–Trinajstić information content (AvgIpc) is 2.25. The second-order valence-corrected chi connectivity index (χ2v) is 3.12. The van der Waals surface area contributed by atoms with Gasteiger partial charge in [-0.25, -0.2) is 0 Å². The molecular formula is C11H15N3. The highest BCUT2D eigenvalue weighted by Gasteiger charge is 1.93. The lowest BCUT2D eigenvalue weighted by atomic mass is 10.2.